The molecule has 2 heteroatoms. The molecular weight excluding hydrogens is 386 g/mol. The highest BCUT2D eigenvalue weighted by Crippen LogP contribution is 2.21. The zero-order chi connectivity index (χ0) is 20.6. The van der Waals surface area contributed by atoms with Crippen LogP contribution >= 0.6 is 0 Å². The van der Waals surface area contributed by atoms with E-state index in [1.54, 1.807) is 4.90 Å². The monoisotopic (exact) mass is 431 g/mol. The molecule has 0 aromatic heterocycles. The highest BCUT2D eigenvalue weighted by Gasteiger charge is 2.02. The SMILES string of the molecule is CC[NH+](CC)CCCCCCCCCCCCCCc1cccc2ccccc12.[Cl-]. The summed E-state index contributed by atoms with van der Waals surface area (Å²) >= 11 is 0. The van der Waals surface area contributed by atoms with Crippen LogP contribution in [0.3, 0.4) is 0 Å². The normalized spacial score (nSPS) is 11.2. The van der Waals surface area contributed by atoms with Gasteiger partial charge in [0.05, 0.1) is 19.6 Å². The number of rotatable bonds is 17. The van der Waals surface area contributed by atoms with E-state index in [0.29, 0.717) is 0 Å². The van der Waals surface area contributed by atoms with E-state index >= 15 is 0 Å². The molecule has 1 nitrogen and oxygen atoms in total. The van der Waals surface area contributed by atoms with Gasteiger partial charge in [-0.25, -0.2) is 0 Å². The molecule has 0 heterocycles. The van der Waals surface area contributed by atoms with Gasteiger partial charge in [-0.05, 0) is 55.9 Å². The van der Waals surface area contributed by atoms with Crippen LogP contribution < -0.4 is 17.3 Å². The molecule has 2 aromatic rings. The lowest BCUT2D eigenvalue weighted by atomic mass is 9.99. The summed E-state index contributed by atoms with van der Waals surface area (Å²) in [6.45, 7) is 8.58. The van der Waals surface area contributed by atoms with Gasteiger partial charge in [-0.2, -0.15) is 0 Å². The van der Waals surface area contributed by atoms with Gasteiger partial charge in [0.15, 0.2) is 0 Å². The highest BCUT2D eigenvalue weighted by molar-refractivity contribution is 5.85. The second-order valence-electron chi connectivity index (χ2n) is 8.84. The fourth-order valence-corrected chi connectivity index (χ4v) is 4.57. The number of unbranched alkanes of at least 4 members (excludes halogenated alkanes) is 11. The maximum Gasteiger partial charge on any atom is 0.0770 e. The molecular formula is C28H46ClN. The molecule has 0 radical (unpaired) electrons. The number of halogens is 1. The fraction of sp³-hybridized carbons (Fsp3) is 0.643. The summed E-state index contributed by atoms with van der Waals surface area (Å²) in [5.41, 5.74) is 1.53. The van der Waals surface area contributed by atoms with E-state index in [-0.39, 0.29) is 12.4 Å². The second-order valence-corrected chi connectivity index (χ2v) is 8.84. The predicted molar refractivity (Wildman–Crippen MR) is 130 cm³/mol. The molecule has 0 amide bonds. The fourth-order valence-electron chi connectivity index (χ4n) is 4.57. The number of hydrogen-bond donors (Lipinski definition) is 1. The van der Waals surface area contributed by atoms with Crippen LogP contribution in [0.15, 0.2) is 42.5 Å². The van der Waals surface area contributed by atoms with Crippen LogP contribution in [0.5, 0.6) is 0 Å². The van der Waals surface area contributed by atoms with Crippen molar-refractivity contribution in [3.8, 4) is 0 Å². The Bertz CT molecular complexity index is 645. The second kappa shape index (κ2) is 17.6. The largest absolute Gasteiger partial charge is 1.00 e. The standard InChI is InChI=1S/C28H45N.ClH/c1-3-29(4-2)25-18-14-12-10-8-6-5-7-9-11-13-15-20-26-22-19-23-27-21-16-17-24-28(26)27;/h16-17,19,21-24H,3-15,18,20,25H2,1-2H3;1H. The van der Waals surface area contributed by atoms with Crippen LogP contribution in [0.1, 0.15) is 96.5 Å². The van der Waals surface area contributed by atoms with Gasteiger partial charge < -0.3 is 17.3 Å². The molecule has 170 valence electrons. The van der Waals surface area contributed by atoms with Crippen LogP contribution in [0.25, 0.3) is 10.8 Å². The van der Waals surface area contributed by atoms with E-state index in [1.165, 1.54) is 119 Å². The first-order valence-corrected chi connectivity index (χ1v) is 12.6. The average Bonchev–Trinajstić information content (AvgIpc) is 2.76. The van der Waals surface area contributed by atoms with E-state index in [4.69, 9.17) is 0 Å². The van der Waals surface area contributed by atoms with Crippen LogP contribution in [0.4, 0.5) is 0 Å². The van der Waals surface area contributed by atoms with Crippen molar-refractivity contribution in [2.24, 2.45) is 0 Å². The number of quaternary nitrogens is 1. The van der Waals surface area contributed by atoms with Gasteiger partial charge in [0.1, 0.15) is 0 Å². The molecule has 0 saturated carbocycles. The Balaban J connectivity index is 0.00000450. The topological polar surface area (TPSA) is 4.44 Å². The van der Waals surface area contributed by atoms with Gasteiger partial charge in [-0.15, -0.1) is 0 Å². The summed E-state index contributed by atoms with van der Waals surface area (Å²) < 4.78 is 0. The third kappa shape index (κ3) is 10.8. The van der Waals surface area contributed by atoms with E-state index in [0.717, 1.165) is 0 Å². The molecule has 0 spiro atoms. The van der Waals surface area contributed by atoms with Crippen molar-refractivity contribution >= 4 is 10.8 Å². The van der Waals surface area contributed by atoms with Gasteiger partial charge in [0.2, 0.25) is 0 Å². The summed E-state index contributed by atoms with van der Waals surface area (Å²) in [5, 5.41) is 2.83. The molecule has 0 unspecified atom stereocenters. The van der Waals surface area contributed by atoms with Crippen molar-refractivity contribution in [3.05, 3.63) is 48.0 Å². The first kappa shape index (κ1) is 27.0. The summed E-state index contributed by atoms with van der Waals surface area (Å²) in [5.74, 6) is 0. The summed E-state index contributed by atoms with van der Waals surface area (Å²) in [6, 6.07) is 15.6. The molecule has 30 heavy (non-hydrogen) atoms. The maximum absolute atomic E-state index is 2.31. The maximum atomic E-state index is 2.31. The van der Waals surface area contributed by atoms with Crippen molar-refractivity contribution in [1.29, 1.82) is 0 Å². The number of nitrogens with one attached hydrogen (secondary N) is 1. The number of hydrogen-bond acceptors (Lipinski definition) is 0. The minimum atomic E-state index is 0. The molecule has 2 aromatic carbocycles. The molecule has 0 aliphatic rings. The Morgan fingerprint density at radius 2 is 1.07 bits per heavy atom. The first-order chi connectivity index (χ1) is 14.3. The minimum absolute atomic E-state index is 0. The number of aryl methyl sites for hydroxylation is 1. The van der Waals surface area contributed by atoms with Crippen LogP contribution in [-0.2, 0) is 6.42 Å². The Morgan fingerprint density at radius 3 is 1.67 bits per heavy atom. The molecule has 1 N–H and O–H groups in total. The first-order valence-electron chi connectivity index (χ1n) is 12.6. The van der Waals surface area contributed by atoms with Gasteiger partial charge >= 0.3 is 0 Å². The lowest BCUT2D eigenvalue weighted by molar-refractivity contribution is -0.896. The van der Waals surface area contributed by atoms with E-state index in [1.807, 2.05) is 0 Å². The van der Waals surface area contributed by atoms with Crippen molar-refractivity contribution in [2.45, 2.75) is 97.3 Å². The molecule has 2 rings (SSSR count). The Kier molecular flexibility index (Phi) is 15.8. The zero-order valence-corrected chi connectivity index (χ0v) is 20.5. The molecule has 0 aliphatic heterocycles. The summed E-state index contributed by atoms with van der Waals surface area (Å²) in [6.07, 6.45) is 18.4. The van der Waals surface area contributed by atoms with Gasteiger partial charge in [0.25, 0.3) is 0 Å². The predicted octanol–water partition coefficient (Wildman–Crippen LogP) is 3.99. The molecule has 0 bridgehead atoms. The van der Waals surface area contributed by atoms with Gasteiger partial charge in [-0.1, -0.05) is 100 Å². The molecule has 0 atom stereocenters. The number of benzene rings is 2. The van der Waals surface area contributed by atoms with Crippen molar-refractivity contribution in [1.82, 2.24) is 0 Å². The Labute approximate surface area is 193 Å². The highest BCUT2D eigenvalue weighted by atomic mass is 35.5. The number of fused-ring (bicyclic) bond motifs is 1. The Hall–Kier alpha value is -1.05. The smallest absolute Gasteiger partial charge is 0.0770 e. The van der Waals surface area contributed by atoms with Crippen molar-refractivity contribution in [3.63, 3.8) is 0 Å². The average molecular weight is 432 g/mol. The molecule has 0 aliphatic carbocycles. The minimum Gasteiger partial charge on any atom is -1.00 e. The summed E-state index contributed by atoms with van der Waals surface area (Å²) in [7, 11) is 0. The quantitative estimate of drug-likeness (QED) is 0.361. The zero-order valence-electron chi connectivity index (χ0n) is 19.7. The lowest BCUT2D eigenvalue weighted by Crippen LogP contribution is -3.11. The molecule has 0 fully saturated rings. The van der Waals surface area contributed by atoms with E-state index in [9.17, 15) is 0 Å². The summed E-state index contributed by atoms with van der Waals surface area (Å²) in [4.78, 5) is 1.77. The van der Waals surface area contributed by atoms with Crippen molar-refractivity contribution < 1.29 is 17.3 Å². The van der Waals surface area contributed by atoms with E-state index < -0.39 is 0 Å². The van der Waals surface area contributed by atoms with Crippen LogP contribution in [0.2, 0.25) is 0 Å². The van der Waals surface area contributed by atoms with Gasteiger partial charge in [-0.3, -0.25) is 0 Å². The third-order valence-corrected chi connectivity index (χ3v) is 6.61. The molecule has 0 saturated heterocycles. The van der Waals surface area contributed by atoms with Crippen LogP contribution in [-0.4, -0.2) is 19.6 Å². The van der Waals surface area contributed by atoms with Crippen molar-refractivity contribution in [2.75, 3.05) is 19.6 Å². The lowest BCUT2D eigenvalue weighted by Gasteiger charge is -2.14. The van der Waals surface area contributed by atoms with E-state index in [2.05, 4.69) is 56.3 Å². The van der Waals surface area contributed by atoms with Gasteiger partial charge in [0, 0.05) is 0 Å². The Morgan fingerprint density at radius 1 is 0.567 bits per heavy atom. The third-order valence-electron chi connectivity index (χ3n) is 6.61. The van der Waals surface area contributed by atoms with Crippen LogP contribution in [0, 0.1) is 0 Å².